The molecule has 1 unspecified atom stereocenters. The first kappa shape index (κ1) is 16.6. The summed E-state index contributed by atoms with van der Waals surface area (Å²) in [6.45, 7) is 3.32. The molecule has 0 radical (unpaired) electrons. The fraction of sp³-hybridized carbons (Fsp3) is 0.333. The first-order valence-corrected chi connectivity index (χ1v) is 9.02. The summed E-state index contributed by atoms with van der Waals surface area (Å²) in [5, 5.41) is 8.95. The van der Waals surface area contributed by atoms with Crippen molar-refractivity contribution in [3.63, 3.8) is 0 Å². The number of nitriles is 1. The molecule has 0 bridgehead atoms. The Kier molecular flexibility index (Phi) is 4.36. The monoisotopic (exact) mass is 346 g/mol. The second-order valence-corrected chi connectivity index (χ2v) is 6.97. The zero-order chi connectivity index (χ0) is 18.1. The van der Waals surface area contributed by atoms with Gasteiger partial charge in [0.15, 0.2) is 0 Å². The van der Waals surface area contributed by atoms with Gasteiger partial charge < -0.3 is 9.80 Å². The second kappa shape index (κ2) is 6.81. The topological polar surface area (TPSA) is 50.6 Å². The maximum atomic E-state index is 13.1. The van der Waals surface area contributed by atoms with Gasteiger partial charge in [0.1, 0.15) is 0 Å². The highest BCUT2D eigenvalue weighted by molar-refractivity contribution is 5.99. The van der Waals surface area contributed by atoms with Crippen molar-refractivity contribution in [3.8, 4) is 6.07 Å². The molecule has 0 saturated carbocycles. The van der Waals surface area contributed by atoms with Gasteiger partial charge in [0.05, 0.1) is 17.7 Å². The summed E-state index contributed by atoms with van der Waals surface area (Å²) in [6, 6.07) is 17.8. The SMILES string of the molecule is CN1CCN(C2CCN(c3ccc(C#N)cc3)C2=O)Cc2ccccc21. The number of rotatable bonds is 2. The molecule has 5 nitrogen and oxygen atoms in total. The Morgan fingerprint density at radius 1 is 1.04 bits per heavy atom. The maximum Gasteiger partial charge on any atom is 0.244 e. The molecule has 0 aromatic heterocycles. The maximum absolute atomic E-state index is 13.1. The number of hydrogen-bond acceptors (Lipinski definition) is 4. The largest absolute Gasteiger partial charge is 0.373 e. The van der Waals surface area contributed by atoms with Crippen LogP contribution < -0.4 is 9.80 Å². The summed E-state index contributed by atoms with van der Waals surface area (Å²) < 4.78 is 0. The molecule has 2 aliphatic heterocycles. The lowest BCUT2D eigenvalue weighted by Crippen LogP contribution is -2.43. The van der Waals surface area contributed by atoms with Crippen molar-refractivity contribution in [1.29, 1.82) is 5.26 Å². The molecule has 1 fully saturated rings. The molecule has 1 saturated heterocycles. The average molecular weight is 346 g/mol. The Labute approximate surface area is 154 Å². The van der Waals surface area contributed by atoms with Gasteiger partial charge in [0.2, 0.25) is 5.91 Å². The normalized spacial score (nSPS) is 20.6. The molecule has 2 aromatic rings. The zero-order valence-corrected chi connectivity index (χ0v) is 14.9. The number of likely N-dealkylation sites (N-methyl/N-ethyl adjacent to an activating group) is 1. The number of amides is 1. The van der Waals surface area contributed by atoms with Crippen LogP contribution in [0.3, 0.4) is 0 Å². The molecule has 0 spiro atoms. The van der Waals surface area contributed by atoms with E-state index in [2.05, 4.69) is 47.2 Å². The number of anilines is 2. The standard InChI is InChI=1S/C21H22N4O/c1-23-12-13-24(15-17-4-2-3-5-19(17)23)20-10-11-25(21(20)26)18-8-6-16(14-22)7-9-18/h2-9,20H,10-13,15H2,1H3. The van der Waals surface area contributed by atoms with Crippen molar-refractivity contribution in [1.82, 2.24) is 4.90 Å². The summed E-state index contributed by atoms with van der Waals surface area (Å²) >= 11 is 0. The van der Waals surface area contributed by atoms with Crippen molar-refractivity contribution >= 4 is 17.3 Å². The number of carbonyl (C=O) groups excluding carboxylic acids is 1. The third kappa shape index (κ3) is 2.93. The fourth-order valence-corrected chi connectivity index (χ4v) is 3.96. The summed E-state index contributed by atoms with van der Waals surface area (Å²) in [6.07, 6.45) is 0.838. The van der Waals surface area contributed by atoms with Crippen LogP contribution in [0.15, 0.2) is 48.5 Å². The molecular weight excluding hydrogens is 324 g/mol. The molecule has 4 rings (SSSR count). The van der Waals surface area contributed by atoms with E-state index in [9.17, 15) is 4.79 Å². The van der Waals surface area contributed by atoms with E-state index < -0.39 is 0 Å². The lowest BCUT2D eigenvalue weighted by Gasteiger charge is -2.26. The molecule has 26 heavy (non-hydrogen) atoms. The van der Waals surface area contributed by atoms with Gasteiger partial charge in [-0.2, -0.15) is 5.26 Å². The molecule has 1 atom stereocenters. The number of carbonyl (C=O) groups is 1. The molecule has 2 aliphatic rings. The molecule has 132 valence electrons. The van der Waals surface area contributed by atoms with Crippen LogP contribution in [0.2, 0.25) is 0 Å². The van der Waals surface area contributed by atoms with E-state index in [1.54, 1.807) is 12.1 Å². The van der Waals surface area contributed by atoms with E-state index in [4.69, 9.17) is 5.26 Å². The lowest BCUT2D eigenvalue weighted by atomic mass is 10.1. The lowest BCUT2D eigenvalue weighted by molar-refractivity contribution is -0.121. The minimum Gasteiger partial charge on any atom is -0.373 e. The first-order chi connectivity index (χ1) is 12.7. The van der Waals surface area contributed by atoms with E-state index in [-0.39, 0.29) is 11.9 Å². The fourth-order valence-electron chi connectivity index (χ4n) is 3.96. The van der Waals surface area contributed by atoms with Gasteiger partial charge in [-0.15, -0.1) is 0 Å². The van der Waals surface area contributed by atoms with E-state index in [1.807, 2.05) is 17.0 Å². The van der Waals surface area contributed by atoms with Crippen molar-refractivity contribution in [2.75, 3.05) is 36.5 Å². The van der Waals surface area contributed by atoms with Crippen LogP contribution in [0.25, 0.3) is 0 Å². The zero-order valence-electron chi connectivity index (χ0n) is 14.9. The highest BCUT2D eigenvalue weighted by Crippen LogP contribution is 2.29. The minimum absolute atomic E-state index is 0.0785. The van der Waals surface area contributed by atoms with Crippen LogP contribution in [0.4, 0.5) is 11.4 Å². The number of para-hydroxylation sites is 1. The molecule has 2 heterocycles. The number of fused-ring (bicyclic) bond motifs is 1. The van der Waals surface area contributed by atoms with Crippen LogP contribution in [0, 0.1) is 11.3 Å². The first-order valence-electron chi connectivity index (χ1n) is 9.02. The van der Waals surface area contributed by atoms with Gasteiger partial charge in [-0.05, 0) is 42.3 Å². The van der Waals surface area contributed by atoms with Crippen molar-refractivity contribution < 1.29 is 4.79 Å². The molecule has 0 aliphatic carbocycles. The Hall–Kier alpha value is -2.84. The van der Waals surface area contributed by atoms with Crippen molar-refractivity contribution in [2.24, 2.45) is 0 Å². The second-order valence-electron chi connectivity index (χ2n) is 6.97. The molecule has 1 amide bonds. The number of hydrogen-bond donors (Lipinski definition) is 0. The summed E-state index contributed by atoms with van der Waals surface area (Å²) in [5.41, 5.74) is 4.02. The van der Waals surface area contributed by atoms with E-state index in [0.29, 0.717) is 5.56 Å². The Morgan fingerprint density at radius 2 is 1.81 bits per heavy atom. The Bertz CT molecular complexity index is 855. The quantitative estimate of drug-likeness (QED) is 0.839. The molecule has 2 aromatic carbocycles. The van der Waals surface area contributed by atoms with Gasteiger partial charge >= 0.3 is 0 Å². The van der Waals surface area contributed by atoms with Gasteiger partial charge in [-0.25, -0.2) is 0 Å². The van der Waals surface area contributed by atoms with Gasteiger partial charge in [-0.1, -0.05) is 18.2 Å². The highest BCUT2D eigenvalue weighted by atomic mass is 16.2. The van der Waals surface area contributed by atoms with Crippen molar-refractivity contribution in [2.45, 2.75) is 19.0 Å². The smallest absolute Gasteiger partial charge is 0.244 e. The predicted octanol–water partition coefficient (Wildman–Crippen LogP) is 2.62. The van der Waals surface area contributed by atoms with Gasteiger partial charge in [0, 0.05) is 44.6 Å². The number of nitrogens with zero attached hydrogens (tertiary/aromatic N) is 4. The van der Waals surface area contributed by atoms with E-state index >= 15 is 0 Å². The van der Waals surface area contributed by atoms with Gasteiger partial charge in [-0.3, -0.25) is 9.69 Å². The average Bonchev–Trinajstić information content (AvgIpc) is 2.98. The van der Waals surface area contributed by atoms with Gasteiger partial charge in [0.25, 0.3) is 0 Å². The molecule has 5 heteroatoms. The minimum atomic E-state index is -0.0785. The van der Waals surface area contributed by atoms with Crippen LogP contribution in [-0.4, -0.2) is 43.5 Å². The van der Waals surface area contributed by atoms with Crippen LogP contribution in [0.5, 0.6) is 0 Å². The van der Waals surface area contributed by atoms with E-state index in [1.165, 1.54) is 11.3 Å². The van der Waals surface area contributed by atoms with Crippen LogP contribution >= 0.6 is 0 Å². The van der Waals surface area contributed by atoms with E-state index in [0.717, 1.165) is 38.3 Å². The Balaban J connectivity index is 1.54. The molecule has 0 N–H and O–H groups in total. The summed E-state index contributed by atoms with van der Waals surface area (Å²) in [4.78, 5) is 19.5. The highest BCUT2D eigenvalue weighted by Gasteiger charge is 2.37. The van der Waals surface area contributed by atoms with Crippen LogP contribution in [-0.2, 0) is 11.3 Å². The Morgan fingerprint density at radius 3 is 2.58 bits per heavy atom. The summed E-state index contributed by atoms with van der Waals surface area (Å²) in [5.74, 6) is 0.164. The predicted molar refractivity (Wildman–Crippen MR) is 102 cm³/mol. The van der Waals surface area contributed by atoms with Crippen LogP contribution in [0.1, 0.15) is 17.5 Å². The number of benzene rings is 2. The molecular formula is C21H22N4O. The van der Waals surface area contributed by atoms with Crippen molar-refractivity contribution in [3.05, 3.63) is 59.7 Å². The summed E-state index contributed by atoms with van der Waals surface area (Å²) in [7, 11) is 2.11. The third-order valence-corrected chi connectivity index (χ3v) is 5.43. The third-order valence-electron chi connectivity index (χ3n) is 5.43.